The van der Waals surface area contributed by atoms with Crippen molar-refractivity contribution in [1.82, 2.24) is 10.2 Å². The Bertz CT molecular complexity index is 296. The summed E-state index contributed by atoms with van der Waals surface area (Å²) in [6, 6.07) is 1.02. The molecule has 0 aromatic carbocycles. The molecule has 1 saturated heterocycles. The zero-order valence-corrected chi connectivity index (χ0v) is 13.2. The van der Waals surface area contributed by atoms with E-state index >= 15 is 0 Å². The Morgan fingerprint density at radius 2 is 2.26 bits per heavy atom. The number of nitrogens with zero attached hydrogens (tertiary/aromatic N) is 1. The number of carbonyl (C=O) groups is 1. The molecule has 1 heterocycles. The quantitative estimate of drug-likeness (QED) is 0.720. The molecule has 4 heteroatoms. The lowest BCUT2D eigenvalue weighted by atomic mass is 9.92. The molecule has 1 rings (SSSR count). The van der Waals surface area contributed by atoms with Gasteiger partial charge in [0.05, 0.1) is 7.11 Å². The highest BCUT2D eigenvalue weighted by atomic mass is 16.5. The van der Waals surface area contributed by atoms with E-state index in [4.69, 9.17) is 4.74 Å². The minimum Gasteiger partial charge on any atom is -0.468 e. The van der Waals surface area contributed by atoms with Crippen molar-refractivity contribution in [3.8, 4) is 0 Å². The first-order chi connectivity index (χ1) is 8.94. The van der Waals surface area contributed by atoms with Crippen molar-refractivity contribution in [2.45, 2.75) is 71.0 Å². The third kappa shape index (κ3) is 4.18. The summed E-state index contributed by atoms with van der Waals surface area (Å²) in [7, 11) is 1.47. The van der Waals surface area contributed by atoms with Crippen LogP contribution in [0.3, 0.4) is 0 Å². The Morgan fingerprint density at radius 3 is 2.74 bits per heavy atom. The molecule has 0 aliphatic carbocycles. The molecular weight excluding hydrogens is 240 g/mol. The van der Waals surface area contributed by atoms with Gasteiger partial charge in [-0.25, -0.2) is 0 Å². The van der Waals surface area contributed by atoms with E-state index in [1.807, 2.05) is 6.92 Å². The van der Waals surface area contributed by atoms with Crippen LogP contribution >= 0.6 is 0 Å². The summed E-state index contributed by atoms with van der Waals surface area (Å²) >= 11 is 0. The first kappa shape index (κ1) is 16.4. The molecule has 0 saturated carbocycles. The van der Waals surface area contributed by atoms with Crippen molar-refractivity contribution in [1.29, 1.82) is 0 Å². The monoisotopic (exact) mass is 270 g/mol. The van der Waals surface area contributed by atoms with Crippen LogP contribution in [-0.2, 0) is 9.53 Å². The summed E-state index contributed by atoms with van der Waals surface area (Å²) in [5.41, 5.74) is -0.577. The number of methoxy groups -OCH3 is 1. The van der Waals surface area contributed by atoms with Crippen molar-refractivity contribution < 1.29 is 9.53 Å². The van der Waals surface area contributed by atoms with Gasteiger partial charge < -0.3 is 10.1 Å². The third-order valence-electron chi connectivity index (χ3n) is 4.28. The van der Waals surface area contributed by atoms with Crippen LogP contribution in [0.25, 0.3) is 0 Å². The van der Waals surface area contributed by atoms with Crippen LogP contribution < -0.4 is 5.32 Å². The minimum atomic E-state index is -0.577. The molecule has 3 atom stereocenters. The number of nitrogens with one attached hydrogen (secondary N) is 1. The van der Waals surface area contributed by atoms with Gasteiger partial charge in [-0.15, -0.1) is 0 Å². The van der Waals surface area contributed by atoms with E-state index in [0.29, 0.717) is 12.1 Å². The lowest BCUT2D eigenvalue weighted by molar-refractivity contribution is -0.148. The molecule has 1 N–H and O–H groups in total. The fourth-order valence-corrected chi connectivity index (χ4v) is 3.17. The molecule has 0 bridgehead atoms. The summed E-state index contributed by atoms with van der Waals surface area (Å²) in [6.45, 7) is 10.6. The highest BCUT2D eigenvalue weighted by Crippen LogP contribution is 2.25. The van der Waals surface area contributed by atoms with E-state index < -0.39 is 5.54 Å². The molecule has 0 spiro atoms. The van der Waals surface area contributed by atoms with Gasteiger partial charge in [-0.2, -0.15) is 0 Å². The molecule has 4 nitrogen and oxygen atoms in total. The van der Waals surface area contributed by atoms with E-state index in [0.717, 1.165) is 25.9 Å². The van der Waals surface area contributed by atoms with E-state index in [-0.39, 0.29) is 5.97 Å². The van der Waals surface area contributed by atoms with Crippen LogP contribution in [0.1, 0.15) is 53.4 Å². The highest BCUT2D eigenvalue weighted by Gasteiger charge is 2.38. The Kier molecular flexibility index (Phi) is 6.27. The number of hydrogen-bond acceptors (Lipinski definition) is 4. The van der Waals surface area contributed by atoms with E-state index in [1.54, 1.807) is 0 Å². The standard InChI is InChI=1S/C15H30N2O2/c1-6-9-16-15(4,14(18)19-5)11-13(3)17-10-7-8-12(17)2/h12-13,16H,6-11H2,1-5H3. The zero-order valence-electron chi connectivity index (χ0n) is 13.2. The van der Waals surface area contributed by atoms with Gasteiger partial charge in [-0.1, -0.05) is 6.92 Å². The highest BCUT2D eigenvalue weighted by molar-refractivity contribution is 5.80. The second-order valence-electron chi connectivity index (χ2n) is 6.03. The molecule has 1 aliphatic heterocycles. The van der Waals surface area contributed by atoms with Crippen molar-refractivity contribution in [3.63, 3.8) is 0 Å². The molecule has 19 heavy (non-hydrogen) atoms. The molecule has 3 unspecified atom stereocenters. The summed E-state index contributed by atoms with van der Waals surface area (Å²) in [5, 5.41) is 3.36. The van der Waals surface area contributed by atoms with Crippen LogP contribution in [-0.4, -0.2) is 48.7 Å². The van der Waals surface area contributed by atoms with Crippen molar-refractivity contribution in [3.05, 3.63) is 0 Å². The second-order valence-corrected chi connectivity index (χ2v) is 6.03. The molecule has 0 radical (unpaired) electrons. The summed E-state index contributed by atoms with van der Waals surface area (Å²) in [6.07, 6.45) is 4.34. The largest absolute Gasteiger partial charge is 0.468 e. The van der Waals surface area contributed by atoms with Crippen molar-refractivity contribution in [2.75, 3.05) is 20.2 Å². The van der Waals surface area contributed by atoms with Crippen LogP contribution in [0.15, 0.2) is 0 Å². The maximum Gasteiger partial charge on any atom is 0.325 e. The number of esters is 1. The van der Waals surface area contributed by atoms with Crippen molar-refractivity contribution >= 4 is 5.97 Å². The van der Waals surface area contributed by atoms with Crippen LogP contribution in [0.2, 0.25) is 0 Å². The molecule has 112 valence electrons. The maximum atomic E-state index is 12.1. The molecule has 0 amide bonds. The maximum absolute atomic E-state index is 12.1. The predicted octanol–water partition coefficient (Wildman–Crippen LogP) is 2.18. The molecule has 0 aromatic heterocycles. The van der Waals surface area contributed by atoms with Crippen LogP contribution in [0, 0.1) is 0 Å². The van der Waals surface area contributed by atoms with Gasteiger partial charge >= 0.3 is 5.97 Å². The fraction of sp³-hybridized carbons (Fsp3) is 0.933. The summed E-state index contributed by atoms with van der Waals surface area (Å²) in [4.78, 5) is 14.6. The lowest BCUT2D eigenvalue weighted by Gasteiger charge is -2.36. The average molecular weight is 270 g/mol. The van der Waals surface area contributed by atoms with Gasteiger partial charge in [0.25, 0.3) is 0 Å². The average Bonchev–Trinajstić information content (AvgIpc) is 2.81. The predicted molar refractivity (Wildman–Crippen MR) is 78.2 cm³/mol. The Balaban J connectivity index is 2.67. The number of rotatable bonds is 7. The molecular formula is C15H30N2O2. The van der Waals surface area contributed by atoms with E-state index in [1.165, 1.54) is 20.0 Å². The van der Waals surface area contributed by atoms with Gasteiger partial charge in [-0.05, 0) is 59.5 Å². The third-order valence-corrected chi connectivity index (χ3v) is 4.28. The normalized spacial score (nSPS) is 25.0. The minimum absolute atomic E-state index is 0.153. The molecule has 0 aromatic rings. The lowest BCUT2D eigenvalue weighted by Crippen LogP contribution is -2.54. The summed E-state index contributed by atoms with van der Waals surface area (Å²) < 4.78 is 4.98. The molecule has 1 aliphatic rings. The fourth-order valence-electron chi connectivity index (χ4n) is 3.17. The second kappa shape index (κ2) is 7.25. The van der Waals surface area contributed by atoms with Gasteiger partial charge in [0.15, 0.2) is 0 Å². The Hall–Kier alpha value is -0.610. The topological polar surface area (TPSA) is 41.6 Å². The Morgan fingerprint density at radius 1 is 1.58 bits per heavy atom. The first-order valence-electron chi connectivity index (χ1n) is 7.53. The van der Waals surface area contributed by atoms with E-state index in [9.17, 15) is 4.79 Å². The number of ether oxygens (including phenoxy) is 1. The smallest absolute Gasteiger partial charge is 0.325 e. The van der Waals surface area contributed by atoms with Gasteiger partial charge in [0, 0.05) is 12.1 Å². The number of hydrogen-bond donors (Lipinski definition) is 1. The SMILES string of the molecule is CCCNC(C)(CC(C)N1CCCC1C)C(=O)OC. The van der Waals surface area contributed by atoms with Crippen LogP contribution in [0.4, 0.5) is 0 Å². The summed E-state index contributed by atoms with van der Waals surface area (Å²) in [5.74, 6) is -0.153. The first-order valence-corrected chi connectivity index (χ1v) is 7.53. The number of carbonyl (C=O) groups excluding carboxylic acids is 1. The van der Waals surface area contributed by atoms with Gasteiger partial charge in [0.1, 0.15) is 5.54 Å². The molecule has 1 fully saturated rings. The van der Waals surface area contributed by atoms with Crippen molar-refractivity contribution in [2.24, 2.45) is 0 Å². The van der Waals surface area contributed by atoms with Gasteiger partial charge in [-0.3, -0.25) is 9.69 Å². The van der Waals surface area contributed by atoms with Gasteiger partial charge in [0.2, 0.25) is 0 Å². The van der Waals surface area contributed by atoms with Crippen LogP contribution in [0.5, 0.6) is 0 Å². The zero-order chi connectivity index (χ0) is 14.5. The number of likely N-dealkylation sites (tertiary alicyclic amines) is 1. The Labute approximate surface area is 117 Å². The van der Waals surface area contributed by atoms with E-state index in [2.05, 4.69) is 31.0 Å².